The largest absolute Gasteiger partial charge is 0.497 e. The number of hydrogen-bond acceptors (Lipinski definition) is 2. The summed E-state index contributed by atoms with van der Waals surface area (Å²) in [5, 5.41) is 3.05. The summed E-state index contributed by atoms with van der Waals surface area (Å²) in [6.07, 6.45) is 3.95. The topological polar surface area (TPSA) is 26.2 Å². The van der Waals surface area contributed by atoms with Gasteiger partial charge in [0.2, 0.25) is 0 Å². The van der Waals surface area contributed by atoms with Gasteiger partial charge in [-0.05, 0) is 23.8 Å². The van der Waals surface area contributed by atoms with E-state index in [2.05, 4.69) is 5.32 Å². The molecule has 0 aliphatic rings. The summed E-state index contributed by atoms with van der Waals surface area (Å²) in [6.45, 7) is 0.588. The molecule has 2 rings (SSSR count). The maximum atomic E-state index is 13.5. The minimum Gasteiger partial charge on any atom is -0.497 e. The Kier molecular flexibility index (Phi) is 3.32. The molecule has 3 nitrogen and oxygen atoms in total. The van der Waals surface area contributed by atoms with Crippen molar-refractivity contribution in [1.82, 2.24) is 4.57 Å². The molecule has 0 spiro atoms. The predicted octanol–water partition coefficient (Wildman–Crippen LogP) is 2.78. The first-order chi connectivity index (χ1) is 8.19. The lowest BCUT2D eigenvalue weighted by Crippen LogP contribution is -2.01. The number of rotatable bonds is 4. The zero-order valence-electron chi connectivity index (χ0n) is 9.90. The lowest BCUT2D eigenvalue weighted by molar-refractivity contribution is 0.414. The molecule has 0 amide bonds. The molecule has 0 fully saturated rings. The number of methoxy groups -OCH3 is 1. The molecule has 0 atom stereocenters. The standard InChI is InChI=1S/C13H15FN2O/c1-16-6-5-10(9-16)8-15-13-7-11(17-2)3-4-12(13)14/h3-7,9,15H,8H2,1-2H3. The zero-order chi connectivity index (χ0) is 12.3. The molecule has 2 aromatic rings. The smallest absolute Gasteiger partial charge is 0.146 e. The Labute approximate surface area is 99.8 Å². The van der Waals surface area contributed by atoms with Crippen molar-refractivity contribution in [3.63, 3.8) is 0 Å². The molecule has 0 radical (unpaired) electrons. The van der Waals surface area contributed by atoms with E-state index in [1.807, 2.05) is 30.1 Å². The number of nitrogens with zero attached hydrogens (tertiary/aromatic N) is 1. The average molecular weight is 234 g/mol. The summed E-state index contributed by atoms with van der Waals surface area (Å²) in [6, 6.07) is 6.64. The Hall–Kier alpha value is -1.97. The molecule has 4 heteroatoms. The van der Waals surface area contributed by atoms with E-state index in [4.69, 9.17) is 4.74 Å². The average Bonchev–Trinajstić information content (AvgIpc) is 2.74. The second kappa shape index (κ2) is 4.91. The Bertz CT molecular complexity index is 508. The van der Waals surface area contributed by atoms with Crippen LogP contribution in [0.3, 0.4) is 0 Å². The second-order valence-corrected chi connectivity index (χ2v) is 3.88. The highest BCUT2D eigenvalue weighted by Crippen LogP contribution is 2.21. The van der Waals surface area contributed by atoms with E-state index in [1.165, 1.54) is 6.07 Å². The Balaban J connectivity index is 2.07. The van der Waals surface area contributed by atoms with Gasteiger partial charge in [-0.15, -0.1) is 0 Å². The van der Waals surface area contributed by atoms with Gasteiger partial charge in [-0.2, -0.15) is 0 Å². The third-order valence-electron chi connectivity index (χ3n) is 2.55. The van der Waals surface area contributed by atoms with E-state index in [9.17, 15) is 4.39 Å². The van der Waals surface area contributed by atoms with Crippen molar-refractivity contribution in [3.8, 4) is 5.75 Å². The van der Waals surface area contributed by atoms with Crippen molar-refractivity contribution >= 4 is 5.69 Å². The van der Waals surface area contributed by atoms with Crippen LogP contribution in [0.15, 0.2) is 36.7 Å². The molecule has 17 heavy (non-hydrogen) atoms. The zero-order valence-corrected chi connectivity index (χ0v) is 9.90. The number of aromatic nitrogens is 1. The molecule has 1 aromatic heterocycles. The van der Waals surface area contributed by atoms with E-state index in [0.29, 0.717) is 18.0 Å². The Morgan fingerprint density at radius 3 is 2.82 bits per heavy atom. The van der Waals surface area contributed by atoms with Crippen LogP contribution in [0, 0.1) is 5.82 Å². The SMILES string of the molecule is COc1ccc(F)c(NCc2ccn(C)c2)c1. The number of benzene rings is 1. The van der Waals surface area contributed by atoms with Crippen molar-refractivity contribution < 1.29 is 9.13 Å². The minimum atomic E-state index is -0.276. The van der Waals surface area contributed by atoms with Crippen LogP contribution in [0.2, 0.25) is 0 Å². The highest BCUT2D eigenvalue weighted by molar-refractivity contribution is 5.49. The molecular weight excluding hydrogens is 219 g/mol. The van der Waals surface area contributed by atoms with Gasteiger partial charge in [-0.25, -0.2) is 4.39 Å². The van der Waals surface area contributed by atoms with E-state index in [1.54, 1.807) is 19.2 Å². The number of anilines is 1. The second-order valence-electron chi connectivity index (χ2n) is 3.88. The molecular formula is C13H15FN2O. The van der Waals surface area contributed by atoms with Crippen LogP contribution in [0.25, 0.3) is 0 Å². The first-order valence-corrected chi connectivity index (χ1v) is 5.37. The summed E-state index contributed by atoms with van der Waals surface area (Å²) in [7, 11) is 3.52. The van der Waals surface area contributed by atoms with Crippen LogP contribution >= 0.6 is 0 Å². The van der Waals surface area contributed by atoms with Crippen molar-refractivity contribution in [2.45, 2.75) is 6.54 Å². The van der Waals surface area contributed by atoms with Crippen molar-refractivity contribution in [2.75, 3.05) is 12.4 Å². The van der Waals surface area contributed by atoms with Crippen molar-refractivity contribution in [2.24, 2.45) is 7.05 Å². The number of aryl methyl sites for hydroxylation is 1. The first-order valence-electron chi connectivity index (χ1n) is 5.37. The molecule has 0 aliphatic carbocycles. The number of halogens is 1. The first kappa shape index (κ1) is 11.5. The van der Waals surface area contributed by atoms with E-state index >= 15 is 0 Å². The van der Waals surface area contributed by atoms with Crippen LogP contribution in [0.4, 0.5) is 10.1 Å². The molecule has 0 saturated heterocycles. The summed E-state index contributed by atoms with van der Waals surface area (Å²) in [5.41, 5.74) is 1.56. The minimum absolute atomic E-state index is 0.276. The van der Waals surface area contributed by atoms with Crippen LogP contribution in [0.1, 0.15) is 5.56 Å². The lowest BCUT2D eigenvalue weighted by atomic mass is 10.2. The third-order valence-corrected chi connectivity index (χ3v) is 2.55. The fraction of sp³-hybridized carbons (Fsp3) is 0.231. The predicted molar refractivity (Wildman–Crippen MR) is 65.7 cm³/mol. The van der Waals surface area contributed by atoms with Gasteiger partial charge in [0, 0.05) is 32.1 Å². The lowest BCUT2D eigenvalue weighted by Gasteiger charge is -2.08. The van der Waals surface area contributed by atoms with E-state index < -0.39 is 0 Å². The van der Waals surface area contributed by atoms with E-state index in [0.717, 1.165) is 5.56 Å². The molecule has 1 aromatic carbocycles. The maximum Gasteiger partial charge on any atom is 0.146 e. The van der Waals surface area contributed by atoms with Gasteiger partial charge in [0.15, 0.2) is 0 Å². The normalized spacial score (nSPS) is 10.3. The van der Waals surface area contributed by atoms with Gasteiger partial charge in [0.25, 0.3) is 0 Å². The summed E-state index contributed by atoms with van der Waals surface area (Å²) < 4.78 is 20.5. The third kappa shape index (κ3) is 2.78. The summed E-state index contributed by atoms with van der Waals surface area (Å²) in [5.74, 6) is 0.365. The van der Waals surface area contributed by atoms with Gasteiger partial charge in [0.1, 0.15) is 11.6 Å². The molecule has 0 saturated carbocycles. The number of nitrogens with one attached hydrogen (secondary N) is 1. The van der Waals surface area contributed by atoms with Gasteiger partial charge in [-0.3, -0.25) is 0 Å². The maximum absolute atomic E-state index is 13.5. The van der Waals surface area contributed by atoms with Gasteiger partial charge >= 0.3 is 0 Å². The quantitative estimate of drug-likeness (QED) is 0.880. The fourth-order valence-corrected chi connectivity index (χ4v) is 1.63. The highest BCUT2D eigenvalue weighted by atomic mass is 19.1. The fourth-order valence-electron chi connectivity index (χ4n) is 1.63. The van der Waals surface area contributed by atoms with Gasteiger partial charge < -0.3 is 14.6 Å². The van der Waals surface area contributed by atoms with Crippen LogP contribution in [-0.2, 0) is 13.6 Å². The van der Waals surface area contributed by atoms with Crippen LogP contribution in [-0.4, -0.2) is 11.7 Å². The molecule has 0 aliphatic heterocycles. The molecule has 1 heterocycles. The van der Waals surface area contributed by atoms with Crippen molar-refractivity contribution in [1.29, 1.82) is 0 Å². The van der Waals surface area contributed by atoms with Crippen molar-refractivity contribution in [3.05, 3.63) is 48.0 Å². The highest BCUT2D eigenvalue weighted by Gasteiger charge is 2.04. The molecule has 0 unspecified atom stereocenters. The van der Waals surface area contributed by atoms with Gasteiger partial charge in [0.05, 0.1) is 12.8 Å². The Morgan fingerprint density at radius 2 is 2.18 bits per heavy atom. The number of hydrogen-bond donors (Lipinski definition) is 1. The van der Waals surface area contributed by atoms with Crippen LogP contribution in [0.5, 0.6) is 5.75 Å². The van der Waals surface area contributed by atoms with Crippen LogP contribution < -0.4 is 10.1 Å². The number of ether oxygens (including phenoxy) is 1. The molecule has 1 N–H and O–H groups in total. The van der Waals surface area contributed by atoms with E-state index in [-0.39, 0.29) is 5.82 Å². The molecule has 90 valence electrons. The monoisotopic (exact) mass is 234 g/mol. The van der Waals surface area contributed by atoms with Gasteiger partial charge in [-0.1, -0.05) is 0 Å². The Morgan fingerprint density at radius 1 is 1.35 bits per heavy atom. The summed E-state index contributed by atoms with van der Waals surface area (Å²) in [4.78, 5) is 0. The molecule has 0 bridgehead atoms. The summed E-state index contributed by atoms with van der Waals surface area (Å²) >= 11 is 0.